The summed E-state index contributed by atoms with van der Waals surface area (Å²) >= 11 is 1.54. The SMILES string of the molecule is O=C(O)C1CCN(C(=O)Nc2nnc(C34CC5CC(CC(C5)C3)C4)s2)CC1. The number of aromatic nitrogens is 2. The van der Waals surface area contributed by atoms with Gasteiger partial charge in [0.15, 0.2) is 0 Å². The molecule has 4 bridgehead atoms. The number of rotatable bonds is 3. The fourth-order valence-corrected chi connectivity index (χ4v) is 7.31. The third-order valence-electron chi connectivity index (χ3n) is 7.26. The van der Waals surface area contributed by atoms with Gasteiger partial charge in [-0.1, -0.05) is 11.3 Å². The Morgan fingerprint density at radius 1 is 1.04 bits per heavy atom. The van der Waals surface area contributed by atoms with Crippen LogP contribution in [0.2, 0.25) is 0 Å². The topological polar surface area (TPSA) is 95.4 Å². The fourth-order valence-electron chi connectivity index (χ4n) is 6.36. The lowest BCUT2D eigenvalue weighted by molar-refractivity contribution is -0.143. The molecule has 0 atom stereocenters. The zero-order valence-electron chi connectivity index (χ0n) is 15.4. The first-order chi connectivity index (χ1) is 13.0. The standard InChI is InChI=1S/C19H26N4O3S/c24-15(25)14-1-3-23(4-2-14)18(26)20-17-22-21-16(27-17)19-8-11-5-12(9-19)7-13(6-11)10-19/h11-14H,1-10H2,(H,24,25)(H,20,22,26). The number of amides is 2. The van der Waals surface area contributed by atoms with Crippen molar-refractivity contribution in [1.29, 1.82) is 0 Å². The minimum Gasteiger partial charge on any atom is -0.481 e. The summed E-state index contributed by atoms with van der Waals surface area (Å²) in [6.07, 6.45) is 8.93. The second kappa shape index (κ2) is 6.43. The maximum atomic E-state index is 12.5. The van der Waals surface area contributed by atoms with Gasteiger partial charge in [-0.05, 0) is 69.1 Å². The van der Waals surface area contributed by atoms with E-state index in [1.807, 2.05) is 0 Å². The van der Waals surface area contributed by atoms with Crippen LogP contribution in [-0.2, 0) is 10.2 Å². The molecule has 7 nitrogen and oxygen atoms in total. The summed E-state index contributed by atoms with van der Waals surface area (Å²) in [4.78, 5) is 25.2. The van der Waals surface area contributed by atoms with Crippen molar-refractivity contribution in [2.24, 2.45) is 23.7 Å². The first kappa shape index (κ1) is 17.4. The number of aliphatic carboxylic acids is 1. The van der Waals surface area contributed by atoms with Crippen molar-refractivity contribution in [3.05, 3.63) is 5.01 Å². The number of carbonyl (C=O) groups is 2. The smallest absolute Gasteiger partial charge is 0.323 e. The van der Waals surface area contributed by atoms with Crippen LogP contribution in [0.15, 0.2) is 0 Å². The number of nitrogens with one attached hydrogen (secondary N) is 1. The normalized spacial score (nSPS) is 35.4. The number of piperidine rings is 1. The Hall–Kier alpha value is -1.70. The summed E-state index contributed by atoms with van der Waals surface area (Å²) in [5, 5.41) is 22.4. The second-order valence-corrected chi connectivity index (χ2v) is 10.1. The van der Waals surface area contributed by atoms with Gasteiger partial charge in [-0.15, -0.1) is 10.2 Å². The summed E-state index contributed by atoms with van der Waals surface area (Å²) < 4.78 is 0. The number of carboxylic acid groups (broad SMARTS) is 1. The van der Waals surface area contributed by atoms with Crippen molar-refractivity contribution >= 4 is 28.5 Å². The van der Waals surface area contributed by atoms with Gasteiger partial charge in [-0.3, -0.25) is 10.1 Å². The minimum absolute atomic E-state index is 0.188. The number of carboxylic acids is 1. The van der Waals surface area contributed by atoms with Crippen LogP contribution in [-0.4, -0.2) is 45.3 Å². The van der Waals surface area contributed by atoms with Gasteiger partial charge in [-0.2, -0.15) is 0 Å². The van der Waals surface area contributed by atoms with Gasteiger partial charge in [0, 0.05) is 18.5 Å². The Morgan fingerprint density at radius 2 is 1.63 bits per heavy atom. The van der Waals surface area contributed by atoms with Crippen molar-refractivity contribution in [3.8, 4) is 0 Å². The molecule has 0 spiro atoms. The lowest BCUT2D eigenvalue weighted by atomic mass is 9.50. The zero-order valence-corrected chi connectivity index (χ0v) is 16.2. The van der Waals surface area contributed by atoms with Crippen molar-refractivity contribution in [3.63, 3.8) is 0 Å². The molecule has 1 aromatic heterocycles. The highest BCUT2D eigenvalue weighted by Gasteiger charge is 2.53. The Kier molecular flexibility index (Phi) is 4.14. The first-order valence-corrected chi connectivity index (χ1v) is 10.9. The lowest BCUT2D eigenvalue weighted by Crippen LogP contribution is -2.48. The van der Waals surface area contributed by atoms with Gasteiger partial charge >= 0.3 is 12.0 Å². The third kappa shape index (κ3) is 3.11. The maximum Gasteiger partial charge on any atom is 0.323 e. The molecule has 6 rings (SSSR count). The van der Waals surface area contributed by atoms with E-state index in [0.717, 1.165) is 22.8 Å². The maximum absolute atomic E-state index is 12.5. The molecule has 8 heteroatoms. The van der Waals surface area contributed by atoms with E-state index in [4.69, 9.17) is 5.11 Å². The van der Waals surface area contributed by atoms with Crippen LogP contribution in [0.5, 0.6) is 0 Å². The largest absolute Gasteiger partial charge is 0.481 e. The van der Waals surface area contributed by atoms with Crippen LogP contribution >= 0.6 is 11.3 Å². The highest BCUT2D eigenvalue weighted by atomic mass is 32.1. The highest BCUT2D eigenvalue weighted by molar-refractivity contribution is 7.15. The molecule has 4 aliphatic carbocycles. The molecular weight excluding hydrogens is 364 g/mol. The molecule has 146 valence electrons. The summed E-state index contributed by atoms with van der Waals surface area (Å²) in [5.41, 5.74) is 0.204. The molecule has 5 aliphatic rings. The number of anilines is 1. The van der Waals surface area contributed by atoms with Crippen LogP contribution in [0, 0.1) is 23.7 Å². The van der Waals surface area contributed by atoms with Crippen LogP contribution in [0.1, 0.15) is 56.4 Å². The van der Waals surface area contributed by atoms with E-state index in [1.165, 1.54) is 38.5 Å². The molecule has 27 heavy (non-hydrogen) atoms. The minimum atomic E-state index is -0.764. The number of hydrogen-bond acceptors (Lipinski definition) is 5. The molecule has 4 saturated carbocycles. The van der Waals surface area contributed by atoms with Crippen molar-refractivity contribution in [2.45, 2.75) is 56.8 Å². The van der Waals surface area contributed by atoms with E-state index < -0.39 is 5.97 Å². The molecular formula is C19H26N4O3S. The zero-order chi connectivity index (χ0) is 18.6. The predicted molar refractivity (Wildman–Crippen MR) is 101 cm³/mol. The molecule has 0 aromatic carbocycles. The second-order valence-electron chi connectivity index (χ2n) is 9.14. The van der Waals surface area contributed by atoms with E-state index in [2.05, 4.69) is 15.5 Å². The monoisotopic (exact) mass is 390 g/mol. The number of hydrogen-bond donors (Lipinski definition) is 2. The molecule has 5 fully saturated rings. The van der Waals surface area contributed by atoms with Gasteiger partial charge < -0.3 is 10.0 Å². The van der Waals surface area contributed by atoms with Gasteiger partial charge in [0.05, 0.1) is 5.92 Å². The summed E-state index contributed by atoms with van der Waals surface area (Å²) in [6, 6.07) is -0.188. The highest BCUT2D eigenvalue weighted by Crippen LogP contribution is 2.61. The fraction of sp³-hybridized carbons (Fsp3) is 0.789. The van der Waals surface area contributed by atoms with Gasteiger partial charge in [-0.25, -0.2) is 4.79 Å². The van der Waals surface area contributed by atoms with Crippen LogP contribution in [0.25, 0.3) is 0 Å². The average Bonchev–Trinajstić information content (AvgIpc) is 3.10. The summed E-state index contributed by atoms with van der Waals surface area (Å²) in [6.45, 7) is 0.951. The lowest BCUT2D eigenvalue weighted by Gasteiger charge is -2.55. The molecule has 1 aliphatic heterocycles. The van der Waals surface area contributed by atoms with Gasteiger partial charge in [0.1, 0.15) is 5.01 Å². The Bertz CT molecular complexity index is 721. The Labute approximate surface area is 162 Å². The van der Waals surface area contributed by atoms with E-state index in [9.17, 15) is 9.59 Å². The molecule has 1 aromatic rings. The Balaban J connectivity index is 1.24. The van der Waals surface area contributed by atoms with E-state index in [-0.39, 0.29) is 17.4 Å². The first-order valence-electron chi connectivity index (χ1n) is 10.1. The number of likely N-dealkylation sites (tertiary alicyclic amines) is 1. The van der Waals surface area contributed by atoms with E-state index in [1.54, 1.807) is 16.2 Å². The number of urea groups is 1. The van der Waals surface area contributed by atoms with E-state index >= 15 is 0 Å². The molecule has 0 unspecified atom stereocenters. The van der Waals surface area contributed by atoms with Crippen molar-refractivity contribution in [2.75, 3.05) is 18.4 Å². The summed E-state index contributed by atoms with van der Waals surface area (Å²) in [7, 11) is 0. The third-order valence-corrected chi connectivity index (χ3v) is 8.35. The van der Waals surface area contributed by atoms with Gasteiger partial charge in [0.2, 0.25) is 5.13 Å². The van der Waals surface area contributed by atoms with Crippen LogP contribution in [0.4, 0.5) is 9.93 Å². The van der Waals surface area contributed by atoms with Crippen molar-refractivity contribution < 1.29 is 14.7 Å². The van der Waals surface area contributed by atoms with E-state index in [0.29, 0.717) is 31.1 Å². The van der Waals surface area contributed by atoms with Crippen molar-refractivity contribution in [1.82, 2.24) is 15.1 Å². The van der Waals surface area contributed by atoms with Crippen LogP contribution in [0.3, 0.4) is 0 Å². The molecule has 1 saturated heterocycles. The summed E-state index contributed by atoms with van der Waals surface area (Å²) in [5.74, 6) is 1.47. The molecule has 2 N–H and O–H groups in total. The predicted octanol–water partition coefficient (Wildman–Crippen LogP) is 3.33. The Morgan fingerprint density at radius 3 is 2.19 bits per heavy atom. The molecule has 2 heterocycles. The average molecular weight is 391 g/mol. The number of carbonyl (C=O) groups excluding carboxylic acids is 1. The number of nitrogens with zero attached hydrogens (tertiary/aromatic N) is 3. The molecule has 2 amide bonds. The quantitative estimate of drug-likeness (QED) is 0.825. The van der Waals surface area contributed by atoms with Crippen LogP contribution < -0.4 is 5.32 Å². The van der Waals surface area contributed by atoms with Gasteiger partial charge in [0.25, 0.3) is 0 Å². The molecule has 0 radical (unpaired) electrons.